The van der Waals surface area contributed by atoms with Crippen LogP contribution in [0.4, 0.5) is 4.79 Å². The van der Waals surface area contributed by atoms with Crippen LogP contribution in [0.5, 0.6) is 6.01 Å². The number of allylic oxidation sites excluding steroid dienone is 2. The number of amides is 2. The van der Waals surface area contributed by atoms with Gasteiger partial charge in [0.2, 0.25) is 0 Å². The lowest BCUT2D eigenvalue weighted by molar-refractivity contribution is 0.103. The first kappa shape index (κ1) is 16.4. The van der Waals surface area contributed by atoms with Crippen molar-refractivity contribution in [1.82, 2.24) is 20.2 Å². The predicted octanol–water partition coefficient (Wildman–Crippen LogP) is 2.63. The van der Waals surface area contributed by atoms with E-state index >= 15 is 0 Å². The number of nitrogens with zero attached hydrogens (tertiary/aromatic N) is 3. The van der Waals surface area contributed by atoms with E-state index in [2.05, 4.69) is 27.4 Å². The smallest absolute Gasteiger partial charge is 0.317 e. The van der Waals surface area contributed by atoms with Gasteiger partial charge in [-0.15, -0.1) is 0 Å². The van der Waals surface area contributed by atoms with Crippen LogP contribution in [0.1, 0.15) is 32.1 Å². The van der Waals surface area contributed by atoms with Gasteiger partial charge in [0.25, 0.3) is 0 Å². The van der Waals surface area contributed by atoms with E-state index in [1.54, 1.807) is 18.5 Å². The Morgan fingerprint density at radius 1 is 1.20 bits per heavy atom. The Morgan fingerprint density at radius 3 is 2.68 bits per heavy atom. The van der Waals surface area contributed by atoms with Crippen LogP contribution in [-0.2, 0) is 0 Å². The van der Waals surface area contributed by atoms with Crippen molar-refractivity contribution in [3.05, 3.63) is 30.6 Å². The number of urea groups is 1. The van der Waals surface area contributed by atoms with Crippen LogP contribution < -0.4 is 10.1 Å². The number of carbonyl (C=O) groups is 1. The van der Waals surface area contributed by atoms with Crippen LogP contribution in [-0.4, -0.2) is 46.6 Å². The van der Waals surface area contributed by atoms with E-state index in [-0.39, 0.29) is 12.1 Å². The third kappa shape index (κ3) is 3.94. The normalized spacial score (nSPS) is 28.3. The van der Waals surface area contributed by atoms with E-state index in [9.17, 15) is 4.79 Å². The SMILES string of the molecule is O=C(NCC[C@@H]1C[C@@H]2C=C[C@H]1C2)N1CCC(Oc2ncccn2)CC1. The second kappa shape index (κ2) is 7.42. The summed E-state index contributed by atoms with van der Waals surface area (Å²) < 4.78 is 5.77. The van der Waals surface area contributed by atoms with Crippen molar-refractivity contribution in [2.24, 2.45) is 17.8 Å². The van der Waals surface area contributed by atoms with Crippen molar-refractivity contribution in [2.75, 3.05) is 19.6 Å². The van der Waals surface area contributed by atoms with Gasteiger partial charge >= 0.3 is 12.0 Å². The molecule has 1 saturated heterocycles. The van der Waals surface area contributed by atoms with Gasteiger partial charge in [-0.05, 0) is 43.1 Å². The number of nitrogens with one attached hydrogen (secondary N) is 1. The zero-order chi connectivity index (χ0) is 17.1. The molecular formula is C19H26N4O2. The van der Waals surface area contributed by atoms with E-state index in [1.165, 1.54) is 12.8 Å². The Hall–Kier alpha value is -2.11. The number of fused-ring (bicyclic) bond motifs is 2. The molecule has 2 heterocycles. The first-order valence-electron chi connectivity index (χ1n) is 9.42. The quantitative estimate of drug-likeness (QED) is 0.835. The average Bonchev–Trinajstić information content (AvgIpc) is 3.26. The summed E-state index contributed by atoms with van der Waals surface area (Å²) in [6, 6.07) is 2.26. The summed E-state index contributed by atoms with van der Waals surface area (Å²) in [4.78, 5) is 22.4. The number of rotatable bonds is 5. The molecule has 1 aromatic rings. The molecule has 0 aromatic carbocycles. The lowest BCUT2D eigenvalue weighted by Crippen LogP contribution is -2.47. The molecule has 3 aliphatic rings. The molecule has 0 radical (unpaired) electrons. The number of hydrogen-bond donors (Lipinski definition) is 1. The minimum atomic E-state index is 0.0631. The third-order valence-corrected chi connectivity index (χ3v) is 5.75. The minimum Gasteiger partial charge on any atom is -0.460 e. The first-order valence-corrected chi connectivity index (χ1v) is 9.42. The molecule has 2 amide bonds. The van der Waals surface area contributed by atoms with E-state index in [4.69, 9.17) is 4.74 Å². The lowest BCUT2D eigenvalue weighted by Gasteiger charge is -2.31. The van der Waals surface area contributed by atoms with Gasteiger partial charge in [-0.2, -0.15) is 0 Å². The van der Waals surface area contributed by atoms with Crippen molar-refractivity contribution in [1.29, 1.82) is 0 Å². The summed E-state index contributed by atoms with van der Waals surface area (Å²) >= 11 is 0. The van der Waals surface area contributed by atoms with Crippen LogP contribution in [0.3, 0.4) is 0 Å². The lowest BCUT2D eigenvalue weighted by atomic mass is 9.91. The van der Waals surface area contributed by atoms with Gasteiger partial charge in [0.1, 0.15) is 6.10 Å². The molecule has 6 heteroatoms. The summed E-state index contributed by atoms with van der Waals surface area (Å²) in [6.07, 6.45) is 13.6. The maximum Gasteiger partial charge on any atom is 0.317 e. The molecule has 4 rings (SSSR count). The van der Waals surface area contributed by atoms with E-state index in [0.717, 1.165) is 56.7 Å². The van der Waals surface area contributed by atoms with Crippen molar-refractivity contribution in [3.8, 4) is 6.01 Å². The van der Waals surface area contributed by atoms with E-state index in [0.29, 0.717) is 6.01 Å². The molecule has 134 valence electrons. The molecule has 1 N–H and O–H groups in total. The number of aromatic nitrogens is 2. The molecule has 1 aliphatic heterocycles. The standard InChI is InChI=1S/C19H26N4O2/c24-19(22-9-4-16-13-14-2-3-15(16)12-14)23-10-5-17(6-11-23)25-18-20-7-1-8-21-18/h1-3,7-8,14-17H,4-6,9-13H2,(H,22,24)/t14-,15+,16-/m1/s1. The predicted molar refractivity (Wildman–Crippen MR) is 94.1 cm³/mol. The van der Waals surface area contributed by atoms with Gasteiger partial charge in [-0.1, -0.05) is 12.2 Å². The fraction of sp³-hybridized carbons (Fsp3) is 0.632. The number of hydrogen-bond acceptors (Lipinski definition) is 4. The number of likely N-dealkylation sites (tertiary alicyclic amines) is 1. The van der Waals surface area contributed by atoms with Crippen LogP contribution >= 0.6 is 0 Å². The van der Waals surface area contributed by atoms with E-state index < -0.39 is 0 Å². The summed E-state index contributed by atoms with van der Waals surface area (Å²) in [5.74, 6) is 2.33. The molecule has 1 aromatic heterocycles. The topological polar surface area (TPSA) is 67.4 Å². The van der Waals surface area contributed by atoms with Crippen LogP contribution in [0, 0.1) is 17.8 Å². The Kier molecular flexibility index (Phi) is 4.85. The Balaban J connectivity index is 1.15. The molecule has 2 bridgehead atoms. The maximum atomic E-state index is 12.3. The number of carbonyl (C=O) groups excluding carboxylic acids is 1. The summed E-state index contributed by atoms with van der Waals surface area (Å²) in [7, 11) is 0. The highest BCUT2D eigenvalue weighted by molar-refractivity contribution is 5.74. The van der Waals surface area contributed by atoms with Gasteiger partial charge in [0.05, 0.1) is 0 Å². The highest BCUT2D eigenvalue weighted by atomic mass is 16.5. The monoisotopic (exact) mass is 342 g/mol. The van der Waals surface area contributed by atoms with E-state index in [1.807, 2.05) is 4.90 Å². The molecule has 6 nitrogen and oxygen atoms in total. The molecule has 1 saturated carbocycles. The second-order valence-corrected chi connectivity index (χ2v) is 7.40. The van der Waals surface area contributed by atoms with Gasteiger partial charge in [0.15, 0.2) is 0 Å². The second-order valence-electron chi connectivity index (χ2n) is 7.40. The van der Waals surface area contributed by atoms with Crippen molar-refractivity contribution < 1.29 is 9.53 Å². The van der Waals surface area contributed by atoms with Gasteiger partial charge < -0.3 is 15.0 Å². The molecule has 2 fully saturated rings. The van der Waals surface area contributed by atoms with Crippen molar-refractivity contribution in [2.45, 2.75) is 38.2 Å². The summed E-state index contributed by atoms with van der Waals surface area (Å²) in [6.45, 7) is 2.23. The van der Waals surface area contributed by atoms with Crippen LogP contribution in [0.2, 0.25) is 0 Å². The first-order chi connectivity index (χ1) is 12.3. The number of piperidine rings is 1. The van der Waals surface area contributed by atoms with Crippen LogP contribution in [0.15, 0.2) is 30.6 Å². The van der Waals surface area contributed by atoms with Gasteiger partial charge in [-0.3, -0.25) is 0 Å². The molecule has 0 unspecified atom stereocenters. The zero-order valence-corrected chi connectivity index (χ0v) is 14.5. The molecule has 2 aliphatic carbocycles. The largest absolute Gasteiger partial charge is 0.460 e. The van der Waals surface area contributed by atoms with Crippen LogP contribution in [0.25, 0.3) is 0 Å². The maximum absolute atomic E-state index is 12.3. The zero-order valence-electron chi connectivity index (χ0n) is 14.5. The molecule has 0 spiro atoms. The Bertz CT molecular complexity index is 613. The highest BCUT2D eigenvalue weighted by Crippen LogP contribution is 2.44. The molecule has 3 atom stereocenters. The summed E-state index contributed by atoms with van der Waals surface area (Å²) in [5.41, 5.74) is 0. The molecular weight excluding hydrogens is 316 g/mol. The Labute approximate surface area is 148 Å². The Morgan fingerprint density at radius 2 is 2.00 bits per heavy atom. The highest BCUT2D eigenvalue weighted by Gasteiger charge is 2.35. The molecule has 25 heavy (non-hydrogen) atoms. The number of ether oxygens (including phenoxy) is 1. The van der Waals surface area contributed by atoms with Gasteiger partial charge in [0, 0.05) is 44.9 Å². The van der Waals surface area contributed by atoms with Crippen molar-refractivity contribution >= 4 is 6.03 Å². The van der Waals surface area contributed by atoms with Crippen molar-refractivity contribution in [3.63, 3.8) is 0 Å². The summed E-state index contributed by atoms with van der Waals surface area (Å²) in [5, 5.41) is 3.10. The fourth-order valence-corrected chi connectivity index (χ4v) is 4.37. The third-order valence-electron chi connectivity index (χ3n) is 5.75. The fourth-order valence-electron chi connectivity index (χ4n) is 4.37. The average molecular weight is 342 g/mol. The van der Waals surface area contributed by atoms with Gasteiger partial charge in [-0.25, -0.2) is 14.8 Å². The minimum absolute atomic E-state index is 0.0631.